The zero-order valence-electron chi connectivity index (χ0n) is 6.97. The van der Waals surface area contributed by atoms with Crippen molar-refractivity contribution in [3.05, 3.63) is 33.8 Å². The summed E-state index contributed by atoms with van der Waals surface area (Å²) in [5.74, 6) is 0. The monoisotopic (exact) mass is 229 g/mol. The summed E-state index contributed by atoms with van der Waals surface area (Å²) in [6.45, 7) is 2.59. The molecule has 0 aliphatic carbocycles. The van der Waals surface area contributed by atoms with Crippen LogP contribution in [0.1, 0.15) is 18.1 Å². The van der Waals surface area contributed by atoms with Gasteiger partial charge in [-0.25, -0.2) is 5.48 Å². The van der Waals surface area contributed by atoms with Crippen LogP contribution < -0.4 is 5.48 Å². The molecule has 0 aromatic heterocycles. The molecule has 0 atom stereocenters. The minimum atomic E-state index is 0.491. The molecule has 0 fully saturated rings. The third kappa shape index (κ3) is 2.06. The zero-order valence-corrected chi connectivity index (χ0v) is 8.56. The van der Waals surface area contributed by atoms with Gasteiger partial charge in [0.25, 0.3) is 0 Å². The van der Waals surface area contributed by atoms with E-state index in [0.29, 0.717) is 6.54 Å². The first kappa shape index (κ1) is 9.71. The van der Waals surface area contributed by atoms with Gasteiger partial charge < -0.3 is 5.21 Å². The van der Waals surface area contributed by atoms with Crippen molar-refractivity contribution < 1.29 is 5.21 Å². The van der Waals surface area contributed by atoms with Crippen LogP contribution in [0.3, 0.4) is 0 Å². The van der Waals surface area contributed by atoms with Gasteiger partial charge in [-0.2, -0.15) is 0 Å². The van der Waals surface area contributed by atoms with Crippen molar-refractivity contribution >= 4 is 15.9 Å². The molecule has 0 saturated carbocycles. The van der Waals surface area contributed by atoms with Crippen molar-refractivity contribution in [1.29, 1.82) is 0 Å². The second-order valence-electron chi connectivity index (χ2n) is 2.57. The maximum absolute atomic E-state index is 8.59. The molecule has 0 radical (unpaired) electrons. The first-order chi connectivity index (χ1) is 5.79. The molecular weight excluding hydrogens is 218 g/mol. The van der Waals surface area contributed by atoms with Gasteiger partial charge >= 0.3 is 0 Å². The number of hydrogen-bond donors (Lipinski definition) is 2. The van der Waals surface area contributed by atoms with Gasteiger partial charge in [0.15, 0.2) is 0 Å². The molecule has 0 aliphatic rings. The number of benzene rings is 1. The highest BCUT2D eigenvalue weighted by Crippen LogP contribution is 2.20. The molecule has 0 bridgehead atoms. The van der Waals surface area contributed by atoms with Crippen LogP contribution in [-0.2, 0) is 13.0 Å². The molecule has 0 spiro atoms. The lowest BCUT2D eigenvalue weighted by Gasteiger charge is -2.08. The number of rotatable bonds is 3. The Labute approximate surface area is 80.7 Å². The molecule has 12 heavy (non-hydrogen) atoms. The average Bonchev–Trinajstić information content (AvgIpc) is 2.09. The highest BCUT2D eigenvalue weighted by atomic mass is 79.9. The van der Waals surface area contributed by atoms with Gasteiger partial charge in [0.1, 0.15) is 0 Å². The number of nitrogens with one attached hydrogen (secondary N) is 1. The Bertz CT molecular complexity index is 263. The van der Waals surface area contributed by atoms with E-state index in [2.05, 4.69) is 34.4 Å². The van der Waals surface area contributed by atoms with E-state index in [1.165, 1.54) is 5.56 Å². The highest BCUT2D eigenvalue weighted by molar-refractivity contribution is 9.10. The van der Waals surface area contributed by atoms with Crippen LogP contribution >= 0.6 is 15.9 Å². The van der Waals surface area contributed by atoms with Crippen molar-refractivity contribution in [3.63, 3.8) is 0 Å². The predicted octanol–water partition coefficient (Wildman–Crippen LogP) is 2.49. The molecule has 2 N–H and O–H groups in total. The summed E-state index contributed by atoms with van der Waals surface area (Å²) in [4.78, 5) is 0. The summed E-state index contributed by atoms with van der Waals surface area (Å²) in [7, 11) is 0. The van der Waals surface area contributed by atoms with E-state index in [9.17, 15) is 0 Å². The first-order valence-electron chi connectivity index (χ1n) is 3.92. The van der Waals surface area contributed by atoms with Crippen molar-refractivity contribution in [2.24, 2.45) is 0 Å². The lowest BCUT2D eigenvalue weighted by molar-refractivity contribution is 0.161. The average molecular weight is 230 g/mol. The summed E-state index contributed by atoms with van der Waals surface area (Å²) in [5, 5.41) is 8.59. The Morgan fingerprint density at radius 1 is 1.50 bits per heavy atom. The number of aryl methyl sites for hydroxylation is 1. The largest absolute Gasteiger partial charge is 0.316 e. The van der Waals surface area contributed by atoms with Crippen LogP contribution in [0.15, 0.2) is 22.7 Å². The summed E-state index contributed by atoms with van der Waals surface area (Å²) in [6, 6.07) is 6.05. The van der Waals surface area contributed by atoms with Crippen LogP contribution in [0.2, 0.25) is 0 Å². The zero-order chi connectivity index (χ0) is 8.97. The maximum Gasteiger partial charge on any atom is 0.0471 e. The van der Waals surface area contributed by atoms with Crippen LogP contribution in [0.4, 0.5) is 0 Å². The SMILES string of the molecule is CCc1cccc(Br)c1CNO. The lowest BCUT2D eigenvalue weighted by atomic mass is 10.1. The Hall–Kier alpha value is -0.380. The van der Waals surface area contributed by atoms with Gasteiger partial charge in [0.05, 0.1) is 0 Å². The molecule has 0 unspecified atom stereocenters. The number of halogens is 1. The number of hydrogen-bond acceptors (Lipinski definition) is 2. The molecule has 0 heterocycles. The fourth-order valence-electron chi connectivity index (χ4n) is 1.21. The lowest BCUT2D eigenvalue weighted by Crippen LogP contribution is -2.08. The third-order valence-electron chi connectivity index (χ3n) is 1.85. The van der Waals surface area contributed by atoms with E-state index in [1.807, 2.05) is 12.1 Å². The molecule has 1 aromatic carbocycles. The standard InChI is InChI=1S/C9H12BrNO/c1-2-7-4-3-5-9(10)8(7)6-11-12/h3-5,11-12H,2,6H2,1H3. The molecule has 3 heteroatoms. The predicted molar refractivity (Wildman–Crippen MR) is 52.1 cm³/mol. The summed E-state index contributed by atoms with van der Waals surface area (Å²) < 4.78 is 1.04. The van der Waals surface area contributed by atoms with Crippen LogP contribution in [0.25, 0.3) is 0 Å². The Balaban J connectivity index is 3.02. The smallest absolute Gasteiger partial charge is 0.0471 e. The van der Waals surface area contributed by atoms with Gasteiger partial charge in [0.2, 0.25) is 0 Å². The van der Waals surface area contributed by atoms with Gasteiger partial charge in [0, 0.05) is 11.0 Å². The quantitative estimate of drug-likeness (QED) is 0.782. The van der Waals surface area contributed by atoms with Crippen LogP contribution in [0.5, 0.6) is 0 Å². The molecule has 66 valence electrons. The molecule has 1 rings (SSSR count). The second kappa shape index (κ2) is 4.60. The van der Waals surface area contributed by atoms with Crippen LogP contribution in [-0.4, -0.2) is 5.21 Å². The van der Waals surface area contributed by atoms with Gasteiger partial charge in [-0.15, -0.1) is 0 Å². The fourth-order valence-corrected chi connectivity index (χ4v) is 1.76. The van der Waals surface area contributed by atoms with E-state index in [4.69, 9.17) is 5.21 Å². The molecule has 2 nitrogen and oxygen atoms in total. The molecular formula is C9H12BrNO. The van der Waals surface area contributed by atoms with E-state index in [0.717, 1.165) is 16.5 Å². The normalized spacial score (nSPS) is 10.2. The minimum absolute atomic E-state index is 0.491. The van der Waals surface area contributed by atoms with Crippen LogP contribution in [0, 0.1) is 0 Å². The van der Waals surface area contributed by atoms with Crippen molar-refractivity contribution in [2.75, 3.05) is 0 Å². The first-order valence-corrected chi connectivity index (χ1v) is 4.72. The number of hydroxylamine groups is 1. The van der Waals surface area contributed by atoms with Crippen molar-refractivity contribution in [3.8, 4) is 0 Å². The second-order valence-corrected chi connectivity index (χ2v) is 3.42. The van der Waals surface area contributed by atoms with Crippen molar-refractivity contribution in [1.82, 2.24) is 5.48 Å². The third-order valence-corrected chi connectivity index (χ3v) is 2.60. The molecule has 1 aromatic rings. The Kier molecular flexibility index (Phi) is 3.72. The maximum atomic E-state index is 8.59. The van der Waals surface area contributed by atoms with Gasteiger partial charge in [-0.1, -0.05) is 35.0 Å². The van der Waals surface area contributed by atoms with E-state index in [1.54, 1.807) is 0 Å². The molecule has 0 amide bonds. The van der Waals surface area contributed by atoms with E-state index in [-0.39, 0.29) is 0 Å². The van der Waals surface area contributed by atoms with Crippen molar-refractivity contribution in [2.45, 2.75) is 19.9 Å². The summed E-state index contributed by atoms with van der Waals surface area (Å²) in [6.07, 6.45) is 0.983. The van der Waals surface area contributed by atoms with E-state index >= 15 is 0 Å². The molecule has 0 aliphatic heterocycles. The fraction of sp³-hybridized carbons (Fsp3) is 0.333. The Morgan fingerprint density at radius 2 is 2.25 bits per heavy atom. The van der Waals surface area contributed by atoms with Gasteiger partial charge in [-0.05, 0) is 23.6 Å². The molecule has 0 saturated heterocycles. The summed E-state index contributed by atoms with van der Waals surface area (Å²) >= 11 is 3.44. The van der Waals surface area contributed by atoms with E-state index < -0.39 is 0 Å². The highest BCUT2D eigenvalue weighted by Gasteiger charge is 2.03. The topological polar surface area (TPSA) is 32.3 Å². The van der Waals surface area contributed by atoms with Gasteiger partial charge in [-0.3, -0.25) is 0 Å². The summed E-state index contributed by atoms with van der Waals surface area (Å²) in [5.41, 5.74) is 4.55. The Morgan fingerprint density at radius 3 is 2.83 bits per heavy atom. The minimum Gasteiger partial charge on any atom is -0.316 e.